The molecule has 0 aromatic heterocycles. The van der Waals surface area contributed by atoms with E-state index in [2.05, 4.69) is 5.32 Å². The number of hydrogen-bond donors (Lipinski definition) is 1. The maximum atomic E-state index is 13.0. The summed E-state index contributed by atoms with van der Waals surface area (Å²) in [4.78, 5) is 38.2. The molecule has 1 N–H and O–H groups in total. The molecule has 0 atom stereocenters. The first-order valence-electron chi connectivity index (χ1n) is 9.40. The maximum absolute atomic E-state index is 13.0. The zero-order valence-electron chi connectivity index (χ0n) is 17.0. The lowest BCUT2D eigenvalue weighted by Gasteiger charge is -2.13. The number of nitrogens with zero attached hydrogens (tertiary/aromatic N) is 1. The number of amides is 3. The highest BCUT2D eigenvalue weighted by molar-refractivity contribution is 8.18. The minimum Gasteiger partial charge on any atom is -0.493 e. The highest BCUT2D eigenvalue weighted by Crippen LogP contribution is 2.32. The molecule has 0 bridgehead atoms. The molecule has 162 valence electrons. The second kappa shape index (κ2) is 10.1. The molecule has 1 aliphatic heterocycles. The Bertz CT molecular complexity index is 1020. The molecule has 7 nitrogen and oxygen atoms in total. The summed E-state index contributed by atoms with van der Waals surface area (Å²) in [6.45, 7) is 0.192. The van der Waals surface area contributed by atoms with Gasteiger partial charge in [-0.3, -0.25) is 19.3 Å². The average molecular weight is 444 g/mol. The average Bonchev–Trinajstić information content (AvgIpc) is 3.02. The molecule has 2 aromatic rings. The van der Waals surface area contributed by atoms with Crippen molar-refractivity contribution < 1.29 is 28.2 Å². The number of thioether (sulfide) groups is 1. The Morgan fingerprint density at radius 3 is 2.48 bits per heavy atom. The SMILES string of the molecule is COc1ccc(CC(=O)NCCN2C(=O)SC(=Cc3ccc(F)cc3)C2=O)cc1OC. The maximum Gasteiger partial charge on any atom is 0.293 e. The van der Waals surface area contributed by atoms with E-state index in [1.807, 2.05) is 0 Å². The van der Waals surface area contributed by atoms with Crippen LogP contribution in [0.3, 0.4) is 0 Å². The van der Waals surface area contributed by atoms with Crippen molar-refractivity contribution in [2.24, 2.45) is 0 Å². The number of methoxy groups -OCH3 is 2. The number of ether oxygens (including phenoxy) is 2. The monoisotopic (exact) mass is 444 g/mol. The van der Waals surface area contributed by atoms with Gasteiger partial charge in [0.1, 0.15) is 5.82 Å². The molecule has 1 heterocycles. The first-order chi connectivity index (χ1) is 14.9. The van der Waals surface area contributed by atoms with Gasteiger partial charge in [0.2, 0.25) is 5.91 Å². The normalized spacial score (nSPS) is 14.8. The molecule has 1 fully saturated rings. The van der Waals surface area contributed by atoms with Crippen LogP contribution in [0.5, 0.6) is 11.5 Å². The molecule has 0 unspecified atom stereocenters. The fourth-order valence-corrected chi connectivity index (χ4v) is 3.81. The van der Waals surface area contributed by atoms with Gasteiger partial charge in [0.25, 0.3) is 11.1 Å². The summed E-state index contributed by atoms with van der Waals surface area (Å²) in [5.41, 5.74) is 1.36. The first-order valence-corrected chi connectivity index (χ1v) is 10.2. The van der Waals surface area contributed by atoms with Crippen LogP contribution in [-0.4, -0.2) is 49.3 Å². The van der Waals surface area contributed by atoms with Crippen LogP contribution in [0.1, 0.15) is 11.1 Å². The summed E-state index contributed by atoms with van der Waals surface area (Å²) in [7, 11) is 3.05. The summed E-state index contributed by atoms with van der Waals surface area (Å²) >= 11 is 0.816. The number of rotatable bonds is 8. The lowest BCUT2D eigenvalue weighted by molar-refractivity contribution is -0.124. The standard InChI is InChI=1S/C22H21FN2O5S/c1-29-17-8-5-15(11-18(17)30-2)13-20(26)24-9-10-25-21(27)19(31-22(25)28)12-14-3-6-16(23)7-4-14/h3-8,11-12H,9-10,13H2,1-2H3,(H,24,26). The number of imide groups is 1. The smallest absolute Gasteiger partial charge is 0.293 e. The van der Waals surface area contributed by atoms with E-state index in [1.165, 1.54) is 38.5 Å². The summed E-state index contributed by atoms with van der Waals surface area (Å²) in [6, 6.07) is 10.8. The Morgan fingerprint density at radius 2 is 1.81 bits per heavy atom. The first kappa shape index (κ1) is 22.4. The minimum atomic E-state index is -0.437. The summed E-state index contributed by atoms with van der Waals surface area (Å²) < 4.78 is 23.4. The molecule has 0 saturated carbocycles. The molecular weight excluding hydrogens is 423 g/mol. The molecule has 3 amide bonds. The fourth-order valence-electron chi connectivity index (χ4n) is 2.95. The number of halogens is 1. The number of nitrogens with one attached hydrogen (secondary N) is 1. The number of carbonyl (C=O) groups is 3. The van der Waals surface area contributed by atoms with Crippen molar-refractivity contribution in [2.45, 2.75) is 6.42 Å². The summed E-state index contributed by atoms with van der Waals surface area (Å²) in [5, 5.41) is 2.30. The van der Waals surface area contributed by atoms with Crippen LogP contribution in [0.2, 0.25) is 0 Å². The molecule has 31 heavy (non-hydrogen) atoms. The van der Waals surface area contributed by atoms with Crippen molar-refractivity contribution in [1.29, 1.82) is 0 Å². The molecule has 0 spiro atoms. The van der Waals surface area contributed by atoms with Crippen molar-refractivity contribution >= 4 is 34.9 Å². The van der Waals surface area contributed by atoms with Crippen LogP contribution in [0.4, 0.5) is 9.18 Å². The van der Waals surface area contributed by atoms with Gasteiger partial charge in [-0.25, -0.2) is 4.39 Å². The van der Waals surface area contributed by atoms with Crippen molar-refractivity contribution in [2.75, 3.05) is 27.3 Å². The summed E-state index contributed by atoms with van der Waals surface area (Å²) in [5.74, 6) is 0.0295. The van der Waals surface area contributed by atoms with E-state index in [1.54, 1.807) is 24.3 Å². The summed E-state index contributed by atoms with van der Waals surface area (Å²) in [6.07, 6.45) is 1.66. The Balaban J connectivity index is 1.53. The second-order valence-electron chi connectivity index (χ2n) is 6.60. The zero-order chi connectivity index (χ0) is 22.4. The van der Waals surface area contributed by atoms with Crippen molar-refractivity contribution in [3.63, 3.8) is 0 Å². The van der Waals surface area contributed by atoms with E-state index >= 15 is 0 Å². The number of carbonyl (C=O) groups excluding carboxylic acids is 3. The van der Waals surface area contributed by atoms with Gasteiger partial charge in [-0.2, -0.15) is 0 Å². The molecule has 2 aromatic carbocycles. The Kier molecular flexibility index (Phi) is 7.30. The predicted octanol–water partition coefficient (Wildman–Crippen LogP) is 3.24. The van der Waals surface area contributed by atoms with Crippen molar-refractivity contribution in [3.8, 4) is 11.5 Å². The van der Waals surface area contributed by atoms with E-state index in [-0.39, 0.29) is 36.1 Å². The molecule has 1 saturated heterocycles. The number of hydrogen-bond acceptors (Lipinski definition) is 6. The zero-order valence-corrected chi connectivity index (χ0v) is 17.8. The van der Waals surface area contributed by atoms with Gasteiger partial charge < -0.3 is 14.8 Å². The molecule has 9 heteroatoms. The molecule has 0 radical (unpaired) electrons. The highest BCUT2D eigenvalue weighted by Gasteiger charge is 2.34. The highest BCUT2D eigenvalue weighted by atomic mass is 32.2. The topological polar surface area (TPSA) is 84.9 Å². The fraction of sp³-hybridized carbons (Fsp3) is 0.227. The third-order valence-electron chi connectivity index (χ3n) is 4.51. The van der Waals surface area contributed by atoms with Gasteiger partial charge in [-0.15, -0.1) is 0 Å². The van der Waals surface area contributed by atoms with E-state index in [0.717, 1.165) is 22.2 Å². The second-order valence-corrected chi connectivity index (χ2v) is 7.59. The Labute approximate surface area is 183 Å². The lowest BCUT2D eigenvalue weighted by atomic mass is 10.1. The Morgan fingerprint density at radius 1 is 1.10 bits per heavy atom. The van der Waals surface area contributed by atoms with E-state index < -0.39 is 11.1 Å². The Hall–Kier alpha value is -3.33. The molecule has 3 rings (SSSR count). The molecule has 1 aliphatic rings. The van der Waals surface area contributed by atoms with Crippen LogP contribution in [-0.2, 0) is 16.0 Å². The quantitative estimate of drug-likeness (QED) is 0.630. The lowest BCUT2D eigenvalue weighted by Crippen LogP contribution is -2.37. The predicted molar refractivity (Wildman–Crippen MR) is 115 cm³/mol. The largest absolute Gasteiger partial charge is 0.493 e. The van der Waals surface area contributed by atoms with E-state index in [0.29, 0.717) is 17.1 Å². The van der Waals surface area contributed by atoms with Gasteiger partial charge in [-0.05, 0) is 53.2 Å². The van der Waals surface area contributed by atoms with Gasteiger partial charge in [0.15, 0.2) is 11.5 Å². The van der Waals surface area contributed by atoms with Gasteiger partial charge in [0, 0.05) is 13.1 Å². The van der Waals surface area contributed by atoms with E-state index in [9.17, 15) is 18.8 Å². The van der Waals surface area contributed by atoms with Gasteiger partial charge >= 0.3 is 0 Å². The van der Waals surface area contributed by atoms with Crippen LogP contribution < -0.4 is 14.8 Å². The minimum absolute atomic E-state index is 0.0586. The van der Waals surface area contributed by atoms with Crippen LogP contribution in [0.15, 0.2) is 47.4 Å². The third-order valence-corrected chi connectivity index (χ3v) is 5.42. The van der Waals surface area contributed by atoms with Crippen molar-refractivity contribution in [3.05, 3.63) is 64.3 Å². The van der Waals surface area contributed by atoms with E-state index in [4.69, 9.17) is 9.47 Å². The van der Waals surface area contributed by atoms with Gasteiger partial charge in [-0.1, -0.05) is 18.2 Å². The molecule has 0 aliphatic carbocycles. The molecular formula is C22H21FN2O5S. The third kappa shape index (κ3) is 5.64. The van der Waals surface area contributed by atoms with Crippen LogP contribution in [0, 0.1) is 5.82 Å². The van der Waals surface area contributed by atoms with Crippen LogP contribution >= 0.6 is 11.8 Å². The number of benzene rings is 2. The van der Waals surface area contributed by atoms with Crippen LogP contribution in [0.25, 0.3) is 6.08 Å². The van der Waals surface area contributed by atoms with Crippen molar-refractivity contribution in [1.82, 2.24) is 10.2 Å². The van der Waals surface area contributed by atoms with Gasteiger partial charge in [0.05, 0.1) is 25.5 Å².